The summed E-state index contributed by atoms with van der Waals surface area (Å²) >= 11 is 0. The Balaban J connectivity index is 1.42. The number of carbonyl (C=O) groups is 2. The quantitative estimate of drug-likeness (QED) is 0.859. The van der Waals surface area contributed by atoms with E-state index in [2.05, 4.69) is 22.3 Å². The predicted molar refractivity (Wildman–Crippen MR) is 99.1 cm³/mol. The Kier molecular flexibility index (Phi) is 4.61. The van der Waals surface area contributed by atoms with E-state index < -0.39 is 17.9 Å². The van der Waals surface area contributed by atoms with E-state index >= 15 is 0 Å². The van der Waals surface area contributed by atoms with Crippen LogP contribution in [0.15, 0.2) is 30.3 Å². The number of carboxylic acid groups (broad SMARTS) is 1. The lowest BCUT2D eigenvalue weighted by molar-refractivity contribution is -0.150. The SMILES string of the molecule is O=C(O)C1CC2(CC2)CNC1C(=O)N1CCCN(c2ccccc2)CC1. The molecule has 1 aromatic carbocycles. The highest BCUT2D eigenvalue weighted by molar-refractivity contribution is 5.88. The first-order valence-corrected chi connectivity index (χ1v) is 9.63. The van der Waals surface area contributed by atoms with Gasteiger partial charge in [0.1, 0.15) is 6.04 Å². The maximum Gasteiger partial charge on any atom is 0.308 e. The number of rotatable bonds is 3. The molecule has 2 saturated heterocycles. The molecule has 1 aromatic rings. The smallest absolute Gasteiger partial charge is 0.308 e. The fraction of sp³-hybridized carbons (Fsp3) is 0.600. The number of aliphatic carboxylic acids is 1. The number of amides is 1. The van der Waals surface area contributed by atoms with Crippen molar-refractivity contribution in [1.29, 1.82) is 0 Å². The number of nitrogens with one attached hydrogen (secondary N) is 1. The first-order chi connectivity index (χ1) is 12.6. The Hall–Kier alpha value is -2.08. The number of carbonyl (C=O) groups excluding carboxylic acids is 1. The third-order valence-electron chi connectivity index (χ3n) is 6.22. The Morgan fingerprint density at radius 2 is 1.85 bits per heavy atom. The van der Waals surface area contributed by atoms with Crippen molar-refractivity contribution in [3.05, 3.63) is 30.3 Å². The molecule has 6 nitrogen and oxygen atoms in total. The van der Waals surface area contributed by atoms with E-state index in [-0.39, 0.29) is 11.3 Å². The minimum absolute atomic E-state index is 0.0391. The van der Waals surface area contributed by atoms with Gasteiger partial charge in [-0.05, 0) is 43.2 Å². The average molecular weight is 357 g/mol. The summed E-state index contributed by atoms with van der Waals surface area (Å²) in [7, 11) is 0. The molecule has 2 heterocycles. The molecular formula is C20H27N3O3. The van der Waals surface area contributed by atoms with Crippen molar-refractivity contribution in [3.8, 4) is 0 Å². The molecule has 3 fully saturated rings. The summed E-state index contributed by atoms with van der Waals surface area (Å²) in [5.74, 6) is -1.49. The lowest BCUT2D eigenvalue weighted by Crippen LogP contribution is -2.57. The van der Waals surface area contributed by atoms with Crippen LogP contribution in [-0.2, 0) is 9.59 Å². The van der Waals surface area contributed by atoms with Crippen molar-refractivity contribution in [2.75, 3.05) is 37.6 Å². The number of nitrogens with zero attached hydrogens (tertiary/aromatic N) is 2. The highest BCUT2D eigenvalue weighted by Gasteiger charge is 2.52. The largest absolute Gasteiger partial charge is 0.481 e. The number of benzene rings is 1. The second kappa shape index (κ2) is 6.91. The summed E-state index contributed by atoms with van der Waals surface area (Å²) < 4.78 is 0. The number of hydrogen-bond acceptors (Lipinski definition) is 4. The molecule has 2 atom stereocenters. The number of para-hydroxylation sites is 1. The van der Waals surface area contributed by atoms with Gasteiger partial charge in [0, 0.05) is 38.4 Å². The number of piperidine rings is 1. The van der Waals surface area contributed by atoms with Crippen LogP contribution in [-0.4, -0.2) is 60.6 Å². The summed E-state index contributed by atoms with van der Waals surface area (Å²) in [6.45, 7) is 3.81. The van der Waals surface area contributed by atoms with Gasteiger partial charge >= 0.3 is 5.97 Å². The fourth-order valence-electron chi connectivity index (χ4n) is 4.40. The average Bonchev–Trinajstić information content (AvgIpc) is 3.45. The van der Waals surface area contributed by atoms with Crippen LogP contribution in [0.4, 0.5) is 5.69 Å². The Labute approximate surface area is 154 Å². The van der Waals surface area contributed by atoms with Crippen LogP contribution in [0, 0.1) is 11.3 Å². The molecule has 2 unspecified atom stereocenters. The molecule has 2 N–H and O–H groups in total. The van der Waals surface area contributed by atoms with Gasteiger partial charge in [0.25, 0.3) is 0 Å². The summed E-state index contributed by atoms with van der Waals surface area (Å²) in [6, 6.07) is 9.67. The molecule has 26 heavy (non-hydrogen) atoms. The molecule has 3 aliphatic rings. The molecular weight excluding hydrogens is 330 g/mol. The Bertz CT molecular complexity index is 674. The molecule has 140 valence electrons. The normalized spacial score (nSPS) is 27.8. The van der Waals surface area contributed by atoms with Crippen molar-refractivity contribution in [2.45, 2.75) is 31.7 Å². The fourth-order valence-corrected chi connectivity index (χ4v) is 4.40. The minimum Gasteiger partial charge on any atom is -0.481 e. The second-order valence-corrected chi connectivity index (χ2v) is 8.01. The highest BCUT2D eigenvalue weighted by Crippen LogP contribution is 2.52. The molecule has 1 saturated carbocycles. The van der Waals surface area contributed by atoms with E-state index in [1.54, 1.807) is 0 Å². The third-order valence-corrected chi connectivity index (χ3v) is 6.22. The minimum atomic E-state index is -0.845. The number of carboxylic acids is 1. The van der Waals surface area contributed by atoms with Crippen LogP contribution in [0.25, 0.3) is 0 Å². The van der Waals surface area contributed by atoms with Crippen LogP contribution in [0.3, 0.4) is 0 Å². The van der Waals surface area contributed by atoms with E-state index in [0.29, 0.717) is 19.5 Å². The molecule has 4 rings (SSSR count). The third kappa shape index (κ3) is 3.43. The highest BCUT2D eigenvalue weighted by atomic mass is 16.4. The zero-order chi connectivity index (χ0) is 18.1. The van der Waals surface area contributed by atoms with Crippen LogP contribution in [0.1, 0.15) is 25.7 Å². The van der Waals surface area contributed by atoms with Gasteiger partial charge in [-0.1, -0.05) is 18.2 Å². The summed E-state index contributed by atoms with van der Waals surface area (Å²) in [5, 5.41) is 12.9. The second-order valence-electron chi connectivity index (χ2n) is 8.01. The molecule has 1 aliphatic carbocycles. The van der Waals surface area contributed by atoms with Crippen molar-refractivity contribution >= 4 is 17.6 Å². The van der Waals surface area contributed by atoms with Gasteiger partial charge in [-0.25, -0.2) is 0 Å². The van der Waals surface area contributed by atoms with Crippen LogP contribution < -0.4 is 10.2 Å². The predicted octanol–water partition coefficient (Wildman–Crippen LogP) is 1.57. The summed E-state index contributed by atoms with van der Waals surface area (Å²) in [5.41, 5.74) is 1.32. The van der Waals surface area contributed by atoms with Crippen molar-refractivity contribution < 1.29 is 14.7 Å². The number of anilines is 1. The van der Waals surface area contributed by atoms with Crippen LogP contribution in [0.5, 0.6) is 0 Å². The van der Waals surface area contributed by atoms with Crippen molar-refractivity contribution in [1.82, 2.24) is 10.2 Å². The van der Waals surface area contributed by atoms with E-state index in [1.165, 1.54) is 5.69 Å². The molecule has 0 bridgehead atoms. The van der Waals surface area contributed by atoms with Gasteiger partial charge in [-0.15, -0.1) is 0 Å². The molecule has 1 spiro atoms. The summed E-state index contributed by atoms with van der Waals surface area (Å²) in [4.78, 5) is 29.0. The van der Waals surface area contributed by atoms with Gasteiger partial charge in [0.05, 0.1) is 5.92 Å². The van der Waals surface area contributed by atoms with E-state index in [0.717, 1.165) is 38.9 Å². The maximum atomic E-state index is 13.1. The lowest BCUT2D eigenvalue weighted by atomic mass is 9.82. The molecule has 0 aromatic heterocycles. The van der Waals surface area contributed by atoms with Gasteiger partial charge in [0.2, 0.25) is 5.91 Å². The molecule has 0 radical (unpaired) electrons. The van der Waals surface area contributed by atoms with Gasteiger partial charge in [0.15, 0.2) is 0 Å². The van der Waals surface area contributed by atoms with E-state index in [4.69, 9.17) is 0 Å². The number of hydrogen-bond donors (Lipinski definition) is 2. The zero-order valence-corrected chi connectivity index (χ0v) is 15.1. The summed E-state index contributed by atoms with van der Waals surface area (Å²) in [6.07, 6.45) is 3.70. The standard InChI is InChI=1S/C20H27N3O3/c24-18(17-16(19(25)26)13-20(7-8-20)14-21-17)23-10-4-9-22(11-12-23)15-5-2-1-3-6-15/h1-3,5-6,16-17,21H,4,7-14H2,(H,25,26). The van der Waals surface area contributed by atoms with E-state index in [9.17, 15) is 14.7 Å². The first-order valence-electron chi connectivity index (χ1n) is 9.63. The van der Waals surface area contributed by atoms with Crippen molar-refractivity contribution in [2.24, 2.45) is 11.3 Å². The van der Waals surface area contributed by atoms with Gasteiger partial charge in [-0.2, -0.15) is 0 Å². The maximum absolute atomic E-state index is 13.1. The Morgan fingerprint density at radius 1 is 1.08 bits per heavy atom. The van der Waals surface area contributed by atoms with Crippen molar-refractivity contribution in [3.63, 3.8) is 0 Å². The van der Waals surface area contributed by atoms with Crippen LogP contribution >= 0.6 is 0 Å². The van der Waals surface area contributed by atoms with E-state index in [1.807, 2.05) is 23.1 Å². The molecule has 2 aliphatic heterocycles. The topological polar surface area (TPSA) is 72.9 Å². The molecule has 1 amide bonds. The van der Waals surface area contributed by atoms with Gasteiger partial charge < -0.3 is 20.2 Å². The van der Waals surface area contributed by atoms with Gasteiger partial charge in [-0.3, -0.25) is 9.59 Å². The zero-order valence-electron chi connectivity index (χ0n) is 15.1. The monoisotopic (exact) mass is 357 g/mol. The lowest BCUT2D eigenvalue weighted by Gasteiger charge is -2.37. The first kappa shape index (κ1) is 17.3. The van der Waals surface area contributed by atoms with Crippen LogP contribution in [0.2, 0.25) is 0 Å². The Morgan fingerprint density at radius 3 is 2.54 bits per heavy atom. The molecule has 6 heteroatoms.